The lowest BCUT2D eigenvalue weighted by Crippen LogP contribution is -2.49. The number of anilines is 1. The maximum atomic E-state index is 12.7. The predicted molar refractivity (Wildman–Crippen MR) is 93.3 cm³/mol. The highest BCUT2D eigenvalue weighted by atomic mass is 16.8. The Morgan fingerprint density at radius 3 is 2.85 bits per heavy atom. The predicted octanol–water partition coefficient (Wildman–Crippen LogP) is 2.78. The van der Waals surface area contributed by atoms with Gasteiger partial charge in [0, 0.05) is 43.6 Å². The second-order valence-electron chi connectivity index (χ2n) is 6.49. The van der Waals surface area contributed by atoms with Crippen LogP contribution >= 0.6 is 0 Å². The van der Waals surface area contributed by atoms with Crippen molar-refractivity contribution in [3.63, 3.8) is 0 Å². The van der Waals surface area contributed by atoms with Crippen molar-refractivity contribution in [1.29, 1.82) is 0 Å². The normalized spacial score (nSPS) is 18.5. The molecule has 2 saturated heterocycles. The summed E-state index contributed by atoms with van der Waals surface area (Å²) in [5.41, 5.74) is 0.715. The van der Waals surface area contributed by atoms with Crippen molar-refractivity contribution in [2.75, 3.05) is 32.1 Å². The van der Waals surface area contributed by atoms with Gasteiger partial charge in [-0.25, -0.2) is 9.59 Å². The molecule has 8 nitrogen and oxygen atoms in total. The van der Waals surface area contributed by atoms with Gasteiger partial charge in [-0.3, -0.25) is 4.98 Å². The van der Waals surface area contributed by atoms with Crippen LogP contribution in [0, 0.1) is 0 Å². The Morgan fingerprint density at radius 2 is 2.15 bits per heavy atom. The van der Waals surface area contributed by atoms with E-state index in [0.717, 1.165) is 5.39 Å². The molecule has 1 spiro atoms. The zero-order valence-electron chi connectivity index (χ0n) is 14.4. The average Bonchev–Trinajstić information content (AvgIpc) is 3.02. The number of amides is 2. The molecule has 1 aromatic carbocycles. The summed E-state index contributed by atoms with van der Waals surface area (Å²) in [6.07, 6.45) is 2.17. The molecule has 4 rings (SSSR count). The number of hydrogen-bond acceptors (Lipinski definition) is 6. The quantitative estimate of drug-likeness (QED) is 0.831. The molecule has 2 fully saturated rings. The van der Waals surface area contributed by atoms with E-state index in [1.165, 1.54) is 0 Å². The lowest BCUT2D eigenvalue weighted by molar-refractivity contribution is 0.0106. The van der Waals surface area contributed by atoms with E-state index >= 15 is 0 Å². The Balaban J connectivity index is 1.49. The molecule has 0 aliphatic carbocycles. The van der Waals surface area contributed by atoms with Crippen molar-refractivity contribution >= 4 is 28.8 Å². The lowest BCUT2D eigenvalue weighted by atomic mass is 9.92. The molecule has 0 unspecified atom stereocenters. The molecule has 136 valence electrons. The van der Waals surface area contributed by atoms with Crippen molar-refractivity contribution < 1.29 is 23.8 Å². The highest BCUT2D eigenvalue weighted by Gasteiger charge is 2.45. The second-order valence-corrected chi connectivity index (χ2v) is 6.49. The van der Waals surface area contributed by atoms with Crippen LogP contribution in [0.4, 0.5) is 15.3 Å². The summed E-state index contributed by atoms with van der Waals surface area (Å²) in [7, 11) is 1.58. The Kier molecular flexibility index (Phi) is 4.02. The largest absolute Gasteiger partial charge is 0.509 e. The van der Waals surface area contributed by atoms with Crippen molar-refractivity contribution in [3.05, 3.63) is 30.5 Å². The van der Waals surface area contributed by atoms with Gasteiger partial charge in [0.15, 0.2) is 5.60 Å². The van der Waals surface area contributed by atoms with Gasteiger partial charge < -0.3 is 24.4 Å². The van der Waals surface area contributed by atoms with Gasteiger partial charge in [-0.15, -0.1) is 0 Å². The van der Waals surface area contributed by atoms with Crippen LogP contribution in [0.2, 0.25) is 0 Å². The number of nitrogens with one attached hydrogen (secondary N) is 1. The molecule has 3 heterocycles. The van der Waals surface area contributed by atoms with Crippen LogP contribution in [0.15, 0.2) is 30.5 Å². The number of hydrogen-bond donors (Lipinski definition) is 1. The third-order valence-electron chi connectivity index (χ3n) is 4.87. The van der Waals surface area contributed by atoms with Gasteiger partial charge in [0.25, 0.3) is 0 Å². The summed E-state index contributed by atoms with van der Waals surface area (Å²) in [5.74, 6) is 0.647. The summed E-state index contributed by atoms with van der Waals surface area (Å²) in [4.78, 5) is 29.9. The SMILES string of the molecule is COc1cc(NC(=O)N2CCC3(CC2)COC(=O)O3)c2ncccc2c1. The molecule has 0 atom stereocenters. The summed E-state index contributed by atoms with van der Waals surface area (Å²) in [6, 6.07) is 7.16. The van der Waals surface area contributed by atoms with E-state index < -0.39 is 11.8 Å². The zero-order chi connectivity index (χ0) is 18.1. The summed E-state index contributed by atoms with van der Waals surface area (Å²) >= 11 is 0. The zero-order valence-corrected chi connectivity index (χ0v) is 14.4. The summed E-state index contributed by atoms with van der Waals surface area (Å²) < 4.78 is 15.5. The maximum Gasteiger partial charge on any atom is 0.509 e. The van der Waals surface area contributed by atoms with Crippen LogP contribution in [-0.4, -0.2) is 54.5 Å². The lowest BCUT2D eigenvalue weighted by Gasteiger charge is -2.36. The smallest absolute Gasteiger partial charge is 0.497 e. The highest BCUT2D eigenvalue weighted by Crippen LogP contribution is 2.32. The fourth-order valence-corrected chi connectivity index (χ4v) is 3.36. The Labute approximate surface area is 150 Å². The number of likely N-dealkylation sites (tertiary alicyclic amines) is 1. The van der Waals surface area contributed by atoms with E-state index in [4.69, 9.17) is 14.2 Å². The molecule has 2 amide bonds. The van der Waals surface area contributed by atoms with Gasteiger partial charge in [0.1, 0.15) is 12.4 Å². The van der Waals surface area contributed by atoms with Crippen molar-refractivity contribution in [3.8, 4) is 5.75 Å². The first-order valence-electron chi connectivity index (χ1n) is 8.43. The number of aromatic nitrogens is 1. The van der Waals surface area contributed by atoms with E-state index in [9.17, 15) is 9.59 Å². The van der Waals surface area contributed by atoms with Crippen molar-refractivity contribution in [2.45, 2.75) is 18.4 Å². The molecule has 1 aromatic heterocycles. The molecule has 2 aliphatic heterocycles. The van der Waals surface area contributed by atoms with Gasteiger partial charge in [0.2, 0.25) is 0 Å². The topological polar surface area (TPSA) is 90.0 Å². The minimum absolute atomic E-state index is 0.217. The minimum atomic E-state index is -0.628. The summed E-state index contributed by atoms with van der Waals surface area (Å²) in [6.45, 7) is 1.22. The fraction of sp³-hybridized carbons (Fsp3) is 0.389. The van der Waals surface area contributed by atoms with Gasteiger partial charge in [-0.05, 0) is 12.1 Å². The van der Waals surface area contributed by atoms with Crippen molar-refractivity contribution in [2.24, 2.45) is 0 Å². The number of rotatable bonds is 2. The number of carbonyl (C=O) groups is 2. The highest BCUT2D eigenvalue weighted by molar-refractivity contribution is 6.00. The average molecular weight is 357 g/mol. The van der Waals surface area contributed by atoms with Crippen LogP contribution < -0.4 is 10.1 Å². The molecule has 26 heavy (non-hydrogen) atoms. The molecule has 8 heteroatoms. The minimum Gasteiger partial charge on any atom is -0.497 e. The number of fused-ring (bicyclic) bond motifs is 1. The van der Waals surface area contributed by atoms with Crippen LogP contribution in [0.5, 0.6) is 5.75 Å². The molecule has 2 aromatic rings. The number of pyridine rings is 1. The number of carbonyl (C=O) groups excluding carboxylic acids is 2. The van der Waals surface area contributed by atoms with Gasteiger partial charge in [-0.2, -0.15) is 0 Å². The number of urea groups is 1. The van der Waals surface area contributed by atoms with E-state index in [0.29, 0.717) is 42.9 Å². The molecule has 0 radical (unpaired) electrons. The van der Waals surface area contributed by atoms with Crippen molar-refractivity contribution in [1.82, 2.24) is 9.88 Å². The van der Waals surface area contributed by atoms with Gasteiger partial charge in [0.05, 0.1) is 18.3 Å². The molecule has 0 saturated carbocycles. The number of nitrogens with zero attached hydrogens (tertiary/aromatic N) is 2. The molecule has 0 bridgehead atoms. The Morgan fingerprint density at radius 1 is 1.35 bits per heavy atom. The van der Waals surface area contributed by atoms with E-state index in [2.05, 4.69) is 10.3 Å². The number of benzene rings is 1. The molecule has 2 aliphatic rings. The van der Waals surface area contributed by atoms with E-state index in [1.807, 2.05) is 18.2 Å². The van der Waals surface area contributed by atoms with Crippen LogP contribution in [0.3, 0.4) is 0 Å². The number of piperidine rings is 1. The number of methoxy groups -OCH3 is 1. The monoisotopic (exact) mass is 357 g/mol. The van der Waals surface area contributed by atoms with Gasteiger partial charge >= 0.3 is 12.2 Å². The maximum absolute atomic E-state index is 12.7. The molecule has 1 N–H and O–H groups in total. The van der Waals surface area contributed by atoms with E-state index in [-0.39, 0.29) is 12.6 Å². The molecular weight excluding hydrogens is 338 g/mol. The first-order valence-corrected chi connectivity index (χ1v) is 8.43. The van der Waals surface area contributed by atoms with Gasteiger partial charge in [-0.1, -0.05) is 6.07 Å². The Hall–Kier alpha value is -3.03. The second kappa shape index (κ2) is 6.36. The number of cyclic esters (lactones) is 1. The first kappa shape index (κ1) is 16.4. The van der Waals surface area contributed by atoms with Crippen LogP contribution in [0.1, 0.15) is 12.8 Å². The van der Waals surface area contributed by atoms with E-state index in [1.54, 1.807) is 24.3 Å². The molecular formula is C18H19N3O5. The fourth-order valence-electron chi connectivity index (χ4n) is 3.36. The Bertz CT molecular complexity index is 861. The first-order chi connectivity index (χ1) is 12.6. The van der Waals surface area contributed by atoms with Crippen LogP contribution in [-0.2, 0) is 9.47 Å². The summed E-state index contributed by atoms with van der Waals surface area (Å²) in [5, 5.41) is 3.81. The third kappa shape index (κ3) is 2.98. The standard InChI is InChI=1S/C18H19N3O5/c1-24-13-9-12-3-2-6-19-15(12)14(10-13)20-16(22)21-7-4-18(5-8-21)11-25-17(23)26-18/h2-3,6,9-10H,4-5,7-8,11H2,1H3,(H,20,22). The van der Waals surface area contributed by atoms with Crippen LogP contribution in [0.25, 0.3) is 10.9 Å². The third-order valence-corrected chi connectivity index (χ3v) is 4.87. The number of ether oxygens (including phenoxy) is 3.